The van der Waals surface area contributed by atoms with E-state index in [9.17, 15) is 4.79 Å². The molecule has 0 amide bonds. The number of carbonyl (C=O) groups excluding carboxylic acids is 1. The Bertz CT molecular complexity index is 706. The molecule has 5 nitrogen and oxygen atoms in total. The predicted molar refractivity (Wildman–Crippen MR) is 97.4 cm³/mol. The van der Waals surface area contributed by atoms with E-state index in [1.807, 2.05) is 11.5 Å². The number of aromatic nitrogens is 2. The van der Waals surface area contributed by atoms with Crippen LogP contribution in [0, 0.1) is 6.92 Å². The molecule has 0 fully saturated rings. The van der Waals surface area contributed by atoms with E-state index in [0.29, 0.717) is 23.2 Å². The zero-order valence-corrected chi connectivity index (χ0v) is 16.8. The molecule has 0 aliphatic carbocycles. The number of thiophene rings is 1. The maximum atomic E-state index is 11.9. The van der Waals surface area contributed by atoms with Crippen molar-refractivity contribution in [2.24, 2.45) is 0 Å². The molecule has 2 rings (SSSR count). The average molecular weight is 375 g/mol. The number of imidazole rings is 1. The summed E-state index contributed by atoms with van der Waals surface area (Å²) in [4.78, 5) is 17.6. The molecule has 2 aromatic heterocycles. The van der Waals surface area contributed by atoms with Gasteiger partial charge in [-0.2, -0.15) is 0 Å². The van der Waals surface area contributed by atoms with Crippen LogP contribution in [0.1, 0.15) is 22.4 Å². The van der Waals surface area contributed by atoms with Gasteiger partial charge in [0.1, 0.15) is 27.8 Å². The Kier molecular flexibility index (Phi) is 5.88. The highest BCUT2D eigenvalue weighted by molar-refractivity contribution is 7.21. The average Bonchev–Trinajstić information content (AvgIpc) is 2.91. The van der Waals surface area contributed by atoms with Gasteiger partial charge in [0.2, 0.25) is 0 Å². The Morgan fingerprint density at radius 2 is 2.09 bits per heavy atom. The van der Waals surface area contributed by atoms with Crippen molar-refractivity contribution in [2.45, 2.75) is 46.3 Å². The van der Waals surface area contributed by atoms with Gasteiger partial charge in [-0.15, -0.1) is 11.3 Å². The highest BCUT2D eigenvalue weighted by atomic mass is 35.5. The Labute approximate surface area is 146 Å². The zero-order chi connectivity index (χ0) is 17.2. The van der Waals surface area contributed by atoms with Crippen LogP contribution < -0.4 is 0 Å². The van der Waals surface area contributed by atoms with Crippen molar-refractivity contribution in [3.63, 3.8) is 0 Å². The second-order valence-corrected chi connectivity index (χ2v) is 13.6. The number of hydrogen-bond donors (Lipinski definition) is 0. The number of rotatable bonds is 7. The SMILES string of the molecule is CCOC(=O)c1sc2nc(C)n(COCC[Si](C)(C)C)c2c1Cl. The largest absolute Gasteiger partial charge is 0.462 e. The van der Waals surface area contributed by atoms with E-state index in [1.54, 1.807) is 6.92 Å². The lowest BCUT2D eigenvalue weighted by molar-refractivity contribution is 0.0532. The molecular formula is C15H23ClN2O3SSi. The number of nitrogens with zero attached hydrogens (tertiary/aromatic N) is 2. The van der Waals surface area contributed by atoms with Gasteiger partial charge in [-0.3, -0.25) is 0 Å². The number of aryl methyl sites for hydroxylation is 1. The first-order chi connectivity index (χ1) is 10.7. The molecule has 0 atom stereocenters. The molecule has 0 unspecified atom stereocenters. The fourth-order valence-corrected chi connectivity index (χ4v) is 4.30. The molecule has 0 aliphatic heterocycles. The summed E-state index contributed by atoms with van der Waals surface area (Å²) in [5.74, 6) is 0.431. The van der Waals surface area contributed by atoms with E-state index >= 15 is 0 Å². The van der Waals surface area contributed by atoms with Gasteiger partial charge in [0.15, 0.2) is 0 Å². The maximum Gasteiger partial charge on any atom is 0.350 e. The first kappa shape index (κ1) is 18.4. The van der Waals surface area contributed by atoms with Gasteiger partial charge >= 0.3 is 5.97 Å². The zero-order valence-electron chi connectivity index (χ0n) is 14.2. The Hall–Kier alpha value is -0.893. The molecule has 2 heterocycles. The topological polar surface area (TPSA) is 53.3 Å². The number of ether oxygens (including phenoxy) is 2. The van der Waals surface area contributed by atoms with Crippen LogP contribution in [-0.4, -0.2) is 36.8 Å². The molecular weight excluding hydrogens is 352 g/mol. The molecule has 0 aromatic carbocycles. The Balaban J connectivity index is 2.19. The maximum absolute atomic E-state index is 11.9. The van der Waals surface area contributed by atoms with Gasteiger partial charge in [-0.1, -0.05) is 31.2 Å². The van der Waals surface area contributed by atoms with Crippen LogP contribution in [0.4, 0.5) is 0 Å². The molecule has 0 N–H and O–H groups in total. The van der Waals surface area contributed by atoms with E-state index in [4.69, 9.17) is 21.1 Å². The van der Waals surface area contributed by atoms with Crippen LogP contribution in [-0.2, 0) is 16.2 Å². The molecule has 128 valence electrons. The van der Waals surface area contributed by atoms with Crippen LogP contribution >= 0.6 is 22.9 Å². The number of esters is 1. The molecule has 0 radical (unpaired) electrons. The van der Waals surface area contributed by atoms with Gasteiger partial charge in [0.05, 0.1) is 11.6 Å². The van der Waals surface area contributed by atoms with E-state index in [-0.39, 0.29) is 0 Å². The summed E-state index contributed by atoms with van der Waals surface area (Å²) < 4.78 is 12.8. The minimum Gasteiger partial charge on any atom is -0.462 e. The molecule has 0 aliphatic rings. The van der Waals surface area contributed by atoms with Crippen molar-refractivity contribution >= 4 is 47.3 Å². The summed E-state index contributed by atoms with van der Waals surface area (Å²) >= 11 is 7.65. The highest BCUT2D eigenvalue weighted by Crippen LogP contribution is 2.36. The van der Waals surface area contributed by atoms with Gasteiger partial charge in [0.25, 0.3) is 0 Å². The second-order valence-electron chi connectivity index (χ2n) is 6.55. The van der Waals surface area contributed by atoms with Crippen LogP contribution in [0.25, 0.3) is 10.3 Å². The summed E-state index contributed by atoms with van der Waals surface area (Å²) in [6.45, 7) is 12.1. The summed E-state index contributed by atoms with van der Waals surface area (Å²) in [6, 6.07) is 1.11. The number of halogens is 1. The van der Waals surface area contributed by atoms with Crippen molar-refractivity contribution in [3.8, 4) is 0 Å². The number of hydrogen-bond acceptors (Lipinski definition) is 5. The number of carbonyl (C=O) groups is 1. The standard InChI is InChI=1S/C15H23ClN2O3SSi/c1-6-21-15(19)13-11(16)12-14(22-13)17-10(2)18(12)9-20-7-8-23(3,4)5/h6-9H2,1-5H3. The highest BCUT2D eigenvalue weighted by Gasteiger charge is 2.23. The van der Waals surface area contributed by atoms with Gasteiger partial charge < -0.3 is 14.0 Å². The number of fused-ring (bicyclic) bond motifs is 1. The molecule has 0 saturated carbocycles. The Morgan fingerprint density at radius 3 is 2.70 bits per heavy atom. The van der Waals surface area contributed by atoms with Crippen LogP contribution in [0.15, 0.2) is 0 Å². The lowest BCUT2D eigenvalue weighted by atomic mass is 10.4. The van der Waals surface area contributed by atoms with Crippen molar-refractivity contribution in [1.29, 1.82) is 0 Å². The Morgan fingerprint density at radius 1 is 1.39 bits per heavy atom. The summed E-state index contributed by atoms with van der Waals surface area (Å²) in [6.07, 6.45) is 0. The fourth-order valence-electron chi connectivity index (χ4n) is 2.09. The van der Waals surface area contributed by atoms with Crippen molar-refractivity contribution < 1.29 is 14.3 Å². The second kappa shape index (κ2) is 7.34. The summed E-state index contributed by atoms with van der Waals surface area (Å²) in [7, 11) is -1.11. The van der Waals surface area contributed by atoms with Crippen LogP contribution in [0.2, 0.25) is 30.7 Å². The third kappa shape index (κ3) is 4.35. The lowest BCUT2D eigenvalue weighted by Gasteiger charge is -2.16. The first-order valence-corrected chi connectivity index (χ1v) is 12.5. The smallest absolute Gasteiger partial charge is 0.350 e. The van der Waals surface area contributed by atoms with Crippen molar-refractivity contribution in [2.75, 3.05) is 13.2 Å². The molecule has 2 aromatic rings. The van der Waals surface area contributed by atoms with E-state index in [1.165, 1.54) is 11.3 Å². The van der Waals surface area contributed by atoms with Gasteiger partial charge in [-0.05, 0) is 19.9 Å². The third-order valence-electron chi connectivity index (χ3n) is 3.41. The minimum absolute atomic E-state index is 0.323. The normalized spacial score (nSPS) is 12.1. The molecule has 0 saturated heterocycles. The molecule has 0 spiro atoms. The lowest BCUT2D eigenvalue weighted by Crippen LogP contribution is -2.22. The monoisotopic (exact) mass is 374 g/mol. The fraction of sp³-hybridized carbons (Fsp3) is 0.600. The van der Waals surface area contributed by atoms with Crippen molar-refractivity contribution in [1.82, 2.24) is 9.55 Å². The predicted octanol–water partition coefficient (Wildman–Crippen LogP) is 4.55. The van der Waals surface area contributed by atoms with Crippen molar-refractivity contribution in [3.05, 3.63) is 15.7 Å². The first-order valence-electron chi connectivity index (χ1n) is 7.64. The van der Waals surface area contributed by atoms with E-state index in [0.717, 1.165) is 28.8 Å². The molecule has 8 heteroatoms. The molecule has 23 heavy (non-hydrogen) atoms. The molecule has 0 bridgehead atoms. The third-order valence-corrected chi connectivity index (χ3v) is 6.65. The van der Waals surface area contributed by atoms with Crippen LogP contribution in [0.3, 0.4) is 0 Å². The minimum atomic E-state index is -1.11. The van der Waals surface area contributed by atoms with Gasteiger partial charge in [-0.25, -0.2) is 9.78 Å². The summed E-state index contributed by atoms with van der Waals surface area (Å²) in [5, 5.41) is 0.401. The van der Waals surface area contributed by atoms with E-state index < -0.39 is 14.0 Å². The van der Waals surface area contributed by atoms with E-state index in [2.05, 4.69) is 24.6 Å². The quantitative estimate of drug-likeness (QED) is 0.405. The van der Waals surface area contributed by atoms with Gasteiger partial charge in [0, 0.05) is 14.7 Å². The summed E-state index contributed by atoms with van der Waals surface area (Å²) in [5.41, 5.74) is 0.755. The van der Waals surface area contributed by atoms with Crippen LogP contribution in [0.5, 0.6) is 0 Å².